The van der Waals surface area contributed by atoms with E-state index in [0.717, 1.165) is 0 Å². The van der Waals surface area contributed by atoms with Gasteiger partial charge in [-0.15, -0.1) is 0 Å². The number of phosphoric acid groups is 1. The lowest BCUT2D eigenvalue weighted by Gasteiger charge is -2.26. The van der Waals surface area contributed by atoms with Gasteiger partial charge in [-0.1, -0.05) is 0 Å². The van der Waals surface area contributed by atoms with Crippen LogP contribution in [0.3, 0.4) is 0 Å². The molecule has 0 radical (unpaired) electrons. The van der Waals surface area contributed by atoms with Gasteiger partial charge in [-0.2, -0.15) is 0 Å². The fourth-order valence-corrected chi connectivity index (χ4v) is 1.15. The van der Waals surface area contributed by atoms with Crippen molar-refractivity contribution in [3.8, 4) is 0 Å². The Morgan fingerprint density at radius 2 is 2.14 bits per heavy atom. The minimum atomic E-state index is -3.52. The van der Waals surface area contributed by atoms with E-state index >= 15 is 0 Å². The highest BCUT2D eigenvalue weighted by molar-refractivity contribution is 7.48. The first-order valence-electron chi connectivity index (χ1n) is 1.80. The van der Waals surface area contributed by atoms with Crippen LogP contribution in [0.15, 0.2) is 0 Å². The second kappa shape index (κ2) is 1.29. The Morgan fingerprint density at radius 1 is 1.71 bits per heavy atom. The van der Waals surface area contributed by atoms with Gasteiger partial charge in [0.2, 0.25) is 0 Å². The molecule has 5 heteroatoms. The van der Waals surface area contributed by atoms with E-state index in [2.05, 4.69) is 9.05 Å². The van der Waals surface area contributed by atoms with Crippen LogP contribution in [0, 0.1) is 0 Å². The van der Waals surface area contributed by atoms with Gasteiger partial charge in [0.05, 0.1) is 0 Å². The van der Waals surface area contributed by atoms with E-state index in [1.54, 1.807) is 6.92 Å². The van der Waals surface area contributed by atoms with E-state index in [9.17, 15) is 4.57 Å². The van der Waals surface area contributed by atoms with Crippen LogP contribution in [0.2, 0.25) is 0 Å². The SMILES string of the molecule is CC1OP(=O)(O)O1. The molecule has 4 nitrogen and oxygen atoms in total. The molecule has 1 N–H and O–H groups in total. The summed E-state index contributed by atoms with van der Waals surface area (Å²) in [5.41, 5.74) is 0. The molecule has 1 heterocycles. The Bertz CT molecular complexity index is 111. The van der Waals surface area contributed by atoms with Crippen molar-refractivity contribution in [3.05, 3.63) is 0 Å². The predicted molar refractivity (Wildman–Crippen MR) is 21.5 cm³/mol. The fourth-order valence-electron chi connectivity index (χ4n) is 0.383. The Balaban J connectivity index is 2.44. The van der Waals surface area contributed by atoms with Crippen molar-refractivity contribution >= 4 is 7.82 Å². The summed E-state index contributed by atoms with van der Waals surface area (Å²) in [5, 5.41) is 0. The molecule has 0 bridgehead atoms. The summed E-state index contributed by atoms with van der Waals surface area (Å²) in [6.45, 7) is 1.55. The average molecular weight is 124 g/mol. The van der Waals surface area contributed by atoms with Crippen LogP contribution in [0.5, 0.6) is 0 Å². The average Bonchev–Trinajstić information content (AvgIpc) is 1.27. The van der Waals surface area contributed by atoms with Gasteiger partial charge < -0.3 is 4.89 Å². The van der Waals surface area contributed by atoms with E-state index in [0.29, 0.717) is 0 Å². The first-order valence-corrected chi connectivity index (χ1v) is 3.29. The molecule has 0 aromatic carbocycles. The van der Waals surface area contributed by atoms with Crippen molar-refractivity contribution in [1.29, 1.82) is 0 Å². The third-order valence-electron chi connectivity index (χ3n) is 0.563. The summed E-state index contributed by atoms with van der Waals surface area (Å²) in [6, 6.07) is 0. The molecule has 1 saturated heterocycles. The maximum Gasteiger partial charge on any atom is 0.476 e. The van der Waals surface area contributed by atoms with Crippen LogP contribution >= 0.6 is 7.82 Å². The zero-order valence-corrected chi connectivity index (χ0v) is 4.59. The minimum absolute atomic E-state index is 0.504. The molecule has 1 rings (SSSR count). The molecule has 0 spiro atoms. The molecule has 0 aliphatic carbocycles. The summed E-state index contributed by atoms with van der Waals surface area (Å²) < 4.78 is 18.4. The van der Waals surface area contributed by atoms with Crippen molar-refractivity contribution in [2.75, 3.05) is 0 Å². The lowest BCUT2D eigenvalue weighted by atomic mass is 10.8. The van der Waals surface area contributed by atoms with Crippen molar-refractivity contribution in [1.82, 2.24) is 0 Å². The quantitative estimate of drug-likeness (QED) is 0.477. The summed E-state index contributed by atoms with van der Waals surface area (Å²) in [7, 11) is -3.52. The summed E-state index contributed by atoms with van der Waals surface area (Å²) in [5.74, 6) is 0. The first-order chi connectivity index (χ1) is 3.10. The number of hydrogen-bond donors (Lipinski definition) is 1. The normalized spacial score (nSPS) is 50.9. The van der Waals surface area contributed by atoms with Crippen LogP contribution in [-0.4, -0.2) is 11.2 Å². The second-order valence-electron chi connectivity index (χ2n) is 1.25. The number of rotatable bonds is 0. The van der Waals surface area contributed by atoms with Gasteiger partial charge in [0.1, 0.15) is 0 Å². The van der Waals surface area contributed by atoms with E-state index in [-0.39, 0.29) is 0 Å². The Morgan fingerprint density at radius 3 is 2.14 bits per heavy atom. The molecule has 0 atom stereocenters. The largest absolute Gasteiger partial charge is 0.476 e. The first kappa shape index (κ1) is 5.25. The predicted octanol–water partition coefficient (Wildman–Crippen LogP) is 0.480. The van der Waals surface area contributed by atoms with Gasteiger partial charge in [0.25, 0.3) is 0 Å². The molecule has 0 amide bonds. The highest BCUT2D eigenvalue weighted by atomic mass is 31.2. The van der Waals surface area contributed by atoms with Gasteiger partial charge in [-0.05, 0) is 6.92 Å². The van der Waals surface area contributed by atoms with Crippen molar-refractivity contribution in [3.63, 3.8) is 0 Å². The Hall–Kier alpha value is 0.110. The van der Waals surface area contributed by atoms with Crippen molar-refractivity contribution in [2.24, 2.45) is 0 Å². The van der Waals surface area contributed by atoms with Crippen molar-refractivity contribution in [2.45, 2.75) is 13.2 Å². The summed E-state index contributed by atoms with van der Waals surface area (Å²) >= 11 is 0. The maximum atomic E-state index is 9.99. The van der Waals surface area contributed by atoms with Crippen LogP contribution in [0.25, 0.3) is 0 Å². The van der Waals surface area contributed by atoms with E-state index in [1.807, 2.05) is 0 Å². The highest BCUT2D eigenvalue weighted by Crippen LogP contribution is 2.55. The van der Waals surface area contributed by atoms with E-state index < -0.39 is 14.1 Å². The molecule has 1 aliphatic rings. The molecule has 0 unspecified atom stereocenters. The molecule has 7 heavy (non-hydrogen) atoms. The molecule has 0 aromatic heterocycles. The molecular weight excluding hydrogens is 119 g/mol. The minimum Gasteiger partial charge on any atom is -0.302 e. The lowest BCUT2D eigenvalue weighted by Crippen LogP contribution is -2.20. The standard InChI is InChI=1S/C2H5O4P/c1-2-5-7(3,4)6-2/h2H,1H3,(H,3,4). The Labute approximate surface area is 40.7 Å². The lowest BCUT2D eigenvalue weighted by molar-refractivity contribution is -0.104. The topological polar surface area (TPSA) is 55.8 Å². The molecule has 42 valence electrons. The zero-order chi connectivity index (χ0) is 5.49. The summed E-state index contributed by atoms with van der Waals surface area (Å²) in [4.78, 5) is 8.19. The smallest absolute Gasteiger partial charge is 0.302 e. The summed E-state index contributed by atoms with van der Waals surface area (Å²) in [6.07, 6.45) is -0.504. The third kappa shape index (κ3) is 1.01. The number of phosphoric ester groups is 1. The zero-order valence-electron chi connectivity index (χ0n) is 3.70. The molecular formula is C2H5O4P. The van der Waals surface area contributed by atoms with E-state index in [1.165, 1.54) is 0 Å². The molecule has 1 aliphatic heterocycles. The third-order valence-corrected chi connectivity index (χ3v) is 1.69. The van der Waals surface area contributed by atoms with Crippen LogP contribution in [0.1, 0.15) is 6.92 Å². The van der Waals surface area contributed by atoms with Gasteiger partial charge >= 0.3 is 7.82 Å². The monoisotopic (exact) mass is 124 g/mol. The van der Waals surface area contributed by atoms with Gasteiger partial charge in [0, 0.05) is 0 Å². The molecule has 1 fully saturated rings. The second-order valence-corrected chi connectivity index (χ2v) is 2.61. The van der Waals surface area contributed by atoms with Crippen LogP contribution < -0.4 is 0 Å². The van der Waals surface area contributed by atoms with Gasteiger partial charge in [0.15, 0.2) is 6.29 Å². The van der Waals surface area contributed by atoms with Crippen LogP contribution in [-0.2, 0) is 13.6 Å². The van der Waals surface area contributed by atoms with Gasteiger partial charge in [-0.25, -0.2) is 4.57 Å². The van der Waals surface area contributed by atoms with Crippen molar-refractivity contribution < 1.29 is 18.5 Å². The maximum absolute atomic E-state index is 9.99. The fraction of sp³-hybridized carbons (Fsp3) is 1.00. The highest BCUT2D eigenvalue weighted by Gasteiger charge is 2.38. The molecule has 0 aromatic rings. The Kier molecular flexibility index (Phi) is 0.970. The van der Waals surface area contributed by atoms with Crippen LogP contribution in [0.4, 0.5) is 0 Å². The molecule has 0 saturated carbocycles. The number of hydrogen-bond acceptors (Lipinski definition) is 3. The van der Waals surface area contributed by atoms with Gasteiger partial charge in [-0.3, -0.25) is 9.05 Å². The van der Waals surface area contributed by atoms with E-state index in [4.69, 9.17) is 4.89 Å².